The van der Waals surface area contributed by atoms with Crippen LogP contribution in [-0.4, -0.2) is 11.1 Å². The van der Waals surface area contributed by atoms with Gasteiger partial charge < -0.3 is 5.11 Å². The maximum atomic E-state index is 11.0. The molecule has 1 heterocycles. The highest BCUT2D eigenvalue weighted by Gasteiger charge is 2.27. The summed E-state index contributed by atoms with van der Waals surface area (Å²) in [7, 11) is 0. The van der Waals surface area contributed by atoms with E-state index in [9.17, 15) is 4.79 Å². The summed E-state index contributed by atoms with van der Waals surface area (Å²) in [4.78, 5) is 13.7. The van der Waals surface area contributed by atoms with Crippen LogP contribution in [0.15, 0.2) is 12.1 Å². The monoisotopic (exact) mass is 254 g/mol. The molecular formula is C14H22O2S. The van der Waals surface area contributed by atoms with Crippen LogP contribution in [0.25, 0.3) is 0 Å². The number of carbonyl (C=O) groups is 1. The largest absolute Gasteiger partial charge is 0.481 e. The highest BCUT2D eigenvalue weighted by Crippen LogP contribution is 2.31. The molecule has 3 heteroatoms. The molecule has 0 aliphatic rings. The molecule has 0 unspecified atom stereocenters. The molecule has 0 aliphatic heterocycles. The Kier molecular flexibility index (Phi) is 4.03. The summed E-state index contributed by atoms with van der Waals surface area (Å²) in [6.07, 6.45) is 1.53. The number of thiophene rings is 1. The normalized spacial score (nSPS) is 12.8. The van der Waals surface area contributed by atoms with Crippen molar-refractivity contribution in [2.45, 2.75) is 52.9 Å². The van der Waals surface area contributed by atoms with Crippen LogP contribution in [0.5, 0.6) is 0 Å². The van der Waals surface area contributed by atoms with Gasteiger partial charge >= 0.3 is 5.97 Å². The number of hydrogen-bond donors (Lipinski definition) is 1. The Morgan fingerprint density at radius 1 is 1.24 bits per heavy atom. The molecule has 1 aromatic rings. The molecule has 0 amide bonds. The zero-order chi connectivity index (χ0) is 13.3. The van der Waals surface area contributed by atoms with E-state index in [1.54, 1.807) is 25.2 Å². The summed E-state index contributed by atoms with van der Waals surface area (Å²) < 4.78 is 0. The van der Waals surface area contributed by atoms with Gasteiger partial charge in [0.25, 0.3) is 0 Å². The van der Waals surface area contributed by atoms with Crippen molar-refractivity contribution in [3.05, 3.63) is 21.9 Å². The van der Waals surface area contributed by atoms with Gasteiger partial charge in [0.15, 0.2) is 0 Å². The van der Waals surface area contributed by atoms with Crippen molar-refractivity contribution in [2.75, 3.05) is 0 Å². The van der Waals surface area contributed by atoms with Crippen LogP contribution in [0.1, 0.15) is 50.8 Å². The maximum absolute atomic E-state index is 11.0. The maximum Gasteiger partial charge on any atom is 0.309 e. The second-order valence-electron chi connectivity index (χ2n) is 6.20. The second-order valence-corrected chi connectivity index (χ2v) is 7.37. The van der Waals surface area contributed by atoms with E-state index in [0.717, 1.165) is 6.42 Å². The van der Waals surface area contributed by atoms with Gasteiger partial charge in [-0.3, -0.25) is 4.79 Å². The molecule has 17 heavy (non-hydrogen) atoms. The van der Waals surface area contributed by atoms with E-state index < -0.39 is 11.4 Å². The highest BCUT2D eigenvalue weighted by molar-refractivity contribution is 7.12. The van der Waals surface area contributed by atoms with Gasteiger partial charge in [-0.25, -0.2) is 0 Å². The van der Waals surface area contributed by atoms with Gasteiger partial charge in [-0.1, -0.05) is 20.8 Å². The van der Waals surface area contributed by atoms with Gasteiger partial charge in [-0.2, -0.15) is 0 Å². The standard InChI is InChI=1S/C14H22O2S/c1-13(2,3)11-7-6-10(17-11)8-9-14(4,5)12(15)16/h6-7H,8-9H2,1-5H3,(H,15,16). The van der Waals surface area contributed by atoms with Gasteiger partial charge in [0.05, 0.1) is 5.41 Å². The minimum Gasteiger partial charge on any atom is -0.481 e. The molecule has 0 fully saturated rings. The Labute approximate surface area is 108 Å². The van der Waals surface area contributed by atoms with Crippen LogP contribution in [0, 0.1) is 5.41 Å². The third-order valence-electron chi connectivity index (χ3n) is 2.98. The number of carboxylic acids is 1. The molecule has 0 aromatic carbocycles. The third kappa shape index (κ3) is 3.84. The smallest absolute Gasteiger partial charge is 0.309 e. The van der Waals surface area contributed by atoms with Gasteiger partial charge in [0, 0.05) is 9.75 Å². The lowest BCUT2D eigenvalue weighted by Crippen LogP contribution is -2.24. The van der Waals surface area contributed by atoms with Crippen LogP contribution in [-0.2, 0) is 16.6 Å². The molecule has 0 bridgehead atoms. The molecule has 0 spiro atoms. The lowest BCUT2D eigenvalue weighted by Gasteiger charge is -2.18. The SMILES string of the molecule is CC(C)(CCc1ccc(C(C)(C)C)s1)C(=O)O. The molecule has 0 atom stereocenters. The van der Waals surface area contributed by atoms with Gasteiger partial charge in [-0.05, 0) is 44.2 Å². The first-order valence-electron chi connectivity index (χ1n) is 5.95. The average Bonchev–Trinajstić information content (AvgIpc) is 2.62. The van der Waals surface area contributed by atoms with E-state index in [4.69, 9.17) is 5.11 Å². The zero-order valence-electron chi connectivity index (χ0n) is 11.3. The van der Waals surface area contributed by atoms with Crippen LogP contribution in [0.4, 0.5) is 0 Å². The fourth-order valence-corrected chi connectivity index (χ4v) is 2.52. The molecule has 1 rings (SSSR count). The highest BCUT2D eigenvalue weighted by atomic mass is 32.1. The van der Waals surface area contributed by atoms with E-state index in [1.165, 1.54) is 9.75 Å². The summed E-state index contributed by atoms with van der Waals surface area (Å²) in [5.74, 6) is -0.717. The third-order valence-corrected chi connectivity index (χ3v) is 4.55. The number of aryl methyl sites for hydroxylation is 1. The number of carboxylic acid groups (broad SMARTS) is 1. The molecule has 0 radical (unpaired) electrons. The Bertz CT molecular complexity index is 397. The van der Waals surface area contributed by atoms with Crippen LogP contribution < -0.4 is 0 Å². The van der Waals surface area contributed by atoms with E-state index >= 15 is 0 Å². The van der Waals surface area contributed by atoms with Gasteiger partial charge in [-0.15, -0.1) is 11.3 Å². The van der Waals surface area contributed by atoms with Crippen molar-refractivity contribution in [3.63, 3.8) is 0 Å². The summed E-state index contributed by atoms with van der Waals surface area (Å²) in [6, 6.07) is 4.29. The van der Waals surface area contributed by atoms with Crippen molar-refractivity contribution < 1.29 is 9.90 Å². The average molecular weight is 254 g/mol. The Morgan fingerprint density at radius 2 is 1.82 bits per heavy atom. The quantitative estimate of drug-likeness (QED) is 0.878. The van der Waals surface area contributed by atoms with Crippen LogP contribution in [0.3, 0.4) is 0 Å². The Hall–Kier alpha value is -0.830. The van der Waals surface area contributed by atoms with E-state index in [1.807, 2.05) is 0 Å². The lowest BCUT2D eigenvalue weighted by atomic mass is 9.88. The Morgan fingerprint density at radius 3 is 2.24 bits per heavy atom. The molecule has 0 saturated carbocycles. The fourth-order valence-electron chi connectivity index (χ4n) is 1.46. The van der Waals surface area contributed by atoms with Gasteiger partial charge in [0.2, 0.25) is 0 Å². The number of aliphatic carboxylic acids is 1. The number of hydrogen-bond acceptors (Lipinski definition) is 2. The molecule has 0 saturated heterocycles. The lowest BCUT2D eigenvalue weighted by molar-refractivity contribution is -0.147. The van der Waals surface area contributed by atoms with Crippen LogP contribution >= 0.6 is 11.3 Å². The van der Waals surface area contributed by atoms with E-state index in [0.29, 0.717) is 6.42 Å². The van der Waals surface area contributed by atoms with Crippen molar-refractivity contribution >= 4 is 17.3 Å². The molecule has 2 nitrogen and oxygen atoms in total. The molecule has 1 N–H and O–H groups in total. The van der Waals surface area contributed by atoms with Crippen molar-refractivity contribution in [1.82, 2.24) is 0 Å². The zero-order valence-corrected chi connectivity index (χ0v) is 12.1. The molecule has 1 aromatic heterocycles. The fraction of sp³-hybridized carbons (Fsp3) is 0.643. The topological polar surface area (TPSA) is 37.3 Å². The van der Waals surface area contributed by atoms with E-state index in [2.05, 4.69) is 32.9 Å². The first kappa shape index (κ1) is 14.2. The predicted octanol–water partition coefficient (Wildman–Crippen LogP) is 4.09. The molecule has 96 valence electrons. The predicted molar refractivity (Wildman–Crippen MR) is 72.8 cm³/mol. The first-order valence-corrected chi connectivity index (χ1v) is 6.77. The first-order chi connectivity index (χ1) is 7.63. The van der Waals surface area contributed by atoms with Crippen molar-refractivity contribution in [2.24, 2.45) is 5.41 Å². The van der Waals surface area contributed by atoms with Crippen LogP contribution in [0.2, 0.25) is 0 Å². The summed E-state index contributed by atoms with van der Waals surface area (Å²) in [5.41, 5.74) is -0.447. The van der Waals surface area contributed by atoms with Gasteiger partial charge in [0.1, 0.15) is 0 Å². The summed E-state index contributed by atoms with van der Waals surface area (Å²) >= 11 is 1.80. The van der Waals surface area contributed by atoms with E-state index in [-0.39, 0.29) is 5.41 Å². The molecular weight excluding hydrogens is 232 g/mol. The minimum atomic E-state index is -0.717. The Balaban J connectivity index is 2.66. The van der Waals surface area contributed by atoms with Crippen molar-refractivity contribution in [1.29, 1.82) is 0 Å². The molecule has 0 aliphatic carbocycles. The number of rotatable bonds is 4. The summed E-state index contributed by atoms with van der Waals surface area (Å²) in [6.45, 7) is 10.2. The second kappa shape index (κ2) is 4.81. The summed E-state index contributed by atoms with van der Waals surface area (Å²) in [5, 5.41) is 9.06. The van der Waals surface area contributed by atoms with Crippen molar-refractivity contribution in [3.8, 4) is 0 Å². The minimum absolute atomic E-state index is 0.186.